The molecule has 1 aromatic heterocycles. The van der Waals surface area contributed by atoms with Crippen molar-refractivity contribution in [1.82, 2.24) is 9.97 Å². The lowest BCUT2D eigenvalue weighted by molar-refractivity contribution is -0.858. The van der Waals surface area contributed by atoms with Gasteiger partial charge in [0.05, 0.1) is 19.4 Å². The maximum Gasteiger partial charge on any atom is 0.331 e. The van der Waals surface area contributed by atoms with E-state index in [0.717, 1.165) is 25.0 Å². The molecule has 0 aromatic carbocycles. The minimum atomic E-state index is -0.655. The first kappa shape index (κ1) is 16.6. The second kappa shape index (κ2) is 7.02. The topological polar surface area (TPSA) is 115 Å². The van der Waals surface area contributed by atoms with Crippen LogP contribution >= 0.6 is 0 Å². The van der Waals surface area contributed by atoms with Gasteiger partial charge in [0.25, 0.3) is 5.91 Å². The number of nitrogens with two attached hydrogens (primary N) is 2. The van der Waals surface area contributed by atoms with Gasteiger partial charge in [-0.25, -0.2) is 14.3 Å². The molecule has 0 saturated carbocycles. The Balaban J connectivity index is 2.20. The smallest absolute Gasteiger partial charge is 0.331 e. The minimum Gasteiger partial charge on any atom is -0.364 e. The molecule has 1 fully saturated rings. The van der Waals surface area contributed by atoms with E-state index < -0.39 is 18.0 Å². The SMILES string of the molecule is CCCC[N+]1(C(=O)[C@@H](N)Cc2cnc[nH]2)CCC[C@H]1C(N)=O. The summed E-state index contributed by atoms with van der Waals surface area (Å²) in [6, 6.07) is -1.09. The molecule has 7 heteroatoms. The number of amides is 2. The van der Waals surface area contributed by atoms with Crippen molar-refractivity contribution in [3.05, 3.63) is 18.2 Å². The minimum absolute atomic E-state index is 0.0793. The van der Waals surface area contributed by atoms with Gasteiger partial charge in [0.15, 0.2) is 6.04 Å². The fourth-order valence-electron chi connectivity index (χ4n) is 3.49. The van der Waals surface area contributed by atoms with Crippen molar-refractivity contribution in [3.63, 3.8) is 0 Å². The lowest BCUT2D eigenvalue weighted by atomic mass is 10.1. The van der Waals surface area contributed by atoms with E-state index in [1.165, 1.54) is 0 Å². The predicted octanol–water partition coefficient (Wildman–Crippen LogP) is 0.0707. The van der Waals surface area contributed by atoms with Crippen molar-refractivity contribution < 1.29 is 14.1 Å². The number of aromatic amines is 1. The fraction of sp³-hybridized carbons (Fsp3) is 0.667. The van der Waals surface area contributed by atoms with Crippen LogP contribution in [0.1, 0.15) is 38.3 Å². The molecule has 122 valence electrons. The van der Waals surface area contributed by atoms with E-state index in [4.69, 9.17) is 11.5 Å². The molecular formula is C15H26N5O2+. The standard InChI is InChI=1S/C15H25N5O2/c1-2-3-6-20(7-4-5-13(20)14(17)21)15(22)12(16)8-11-9-18-10-19-11/h9-10,12-13H,2-8,16H2,1H3,(H2-,17,18,19,21)/p+1/t12-,13-,20?/m0/s1. The summed E-state index contributed by atoms with van der Waals surface area (Å²) in [5, 5.41) is 0. The van der Waals surface area contributed by atoms with Gasteiger partial charge in [0, 0.05) is 31.2 Å². The normalized spacial score (nSPS) is 26.0. The quantitative estimate of drug-likeness (QED) is 0.618. The van der Waals surface area contributed by atoms with E-state index in [1.54, 1.807) is 12.5 Å². The van der Waals surface area contributed by atoms with E-state index in [2.05, 4.69) is 16.9 Å². The first-order chi connectivity index (χ1) is 10.5. The number of quaternary nitrogens is 1. The van der Waals surface area contributed by atoms with E-state index in [1.807, 2.05) is 0 Å². The summed E-state index contributed by atoms with van der Waals surface area (Å²) in [7, 11) is 0. The Bertz CT molecular complexity index is 516. The summed E-state index contributed by atoms with van der Waals surface area (Å²) in [6.45, 7) is 3.36. The third-order valence-corrected chi connectivity index (χ3v) is 4.62. The summed E-state index contributed by atoms with van der Waals surface area (Å²) >= 11 is 0. The molecule has 0 bridgehead atoms. The summed E-state index contributed by atoms with van der Waals surface area (Å²) in [5.41, 5.74) is 12.5. The molecule has 2 rings (SSSR count). The molecule has 1 unspecified atom stereocenters. The van der Waals surface area contributed by atoms with Crippen LogP contribution in [0.3, 0.4) is 0 Å². The number of primary amides is 1. The van der Waals surface area contributed by atoms with E-state index in [-0.39, 0.29) is 10.4 Å². The number of H-pyrrole nitrogens is 1. The molecule has 22 heavy (non-hydrogen) atoms. The van der Waals surface area contributed by atoms with Gasteiger partial charge in [0.1, 0.15) is 6.04 Å². The number of rotatable bonds is 7. The number of hydrogen-bond donors (Lipinski definition) is 3. The Morgan fingerprint density at radius 3 is 2.91 bits per heavy atom. The largest absolute Gasteiger partial charge is 0.364 e. The molecule has 1 saturated heterocycles. The summed E-state index contributed by atoms with van der Waals surface area (Å²) in [4.78, 5) is 31.7. The zero-order valence-corrected chi connectivity index (χ0v) is 13.1. The third kappa shape index (κ3) is 3.20. The number of carbonyl (C=O) groups is 2. The van der Waals surface area contributed by atoms with E-state index in [0.29, 0.717) is 25.9 Å². The summed E-state index contributed by atoms with van der Waals surface area (Å²) in [6.07, 6.45) is 6.98. The van der Waals surface area contributed by atoms with E-state index in [9.17, 15) is 9.59 Å². The Labute approximate surface area is 130 Å². The van der Waals surface area contributed by atoms with Crippen LogP contribution in [-0.2, 0) is 16.0 Å². The number of hydrogen-bond acceptors (Lipinski definition) is 4. The number of carbonyl (C=O) groups excluding carboxylic acids is 2. The maximum atomic E-state index is 13.0. The highest BCUT2D eigenvalue weighted by Gasteiger charge is 2.51. The third-order valence-electron chi connectivity index (χ3n) is 4.62. The van der Waals surface area contributed by atoms with Crippen molar-refractivity contribution in [2.24, 2.45) is 11.5 Å². The van der Waals surface area contributed by atoms with Gasteiger partial charge in [-0.2, -0.15) is 0 Å². The van der Waals surface area contributed by atoms with Gasteiger partial charge in [-0.3, -0.25) is 4.79 Å². The predicted molar refractivity (Wildman–Crippen MR) is 82.4 cm³/mol. The van der Waals surface area contributed by atoms with Crippen LogP contribution in [-0.4, -0.2) is 51.4 Å². The molecule has 1 aliphatic rings. The van der Waals surface area contributed by atoms with Crippen molar-refractivity contribution in [3.8, 4) is 0 Å². The van der Waals surface area contributed by atoms with Crippen LogP contribution in [0.4, 0.5) is 0 Å². The molecular weight excluding hydrogens is 282 g/mol. The van der Waals surface area contributed by atoms with Crippen LogP contribution in [0, 0.1) is 0 Å². The van der Waals surface area contributed by atoms with Crippen LogP contribution in [0.2, 0.25) is 0 Å². The molecule has 0 radical (unpaired) electrons. The second-order valence-electron chi connectivity index (χ2n) is 6.12. The number of nitrogens with one attached hydrogen (secondary N) is 1. The first-order valence-electron chi connectivity index (χ1n) is 7.94. The molecule has 2 amide bonds. The van der Waals surface area contributed by atoms with Crippen molar-refractivity contribution in [2.45, 2.75) is 51.1 Å². The molecule has 0 spiro atoms. The van der Waals surface area contributed by atoms with Crippen LogP contribution in [0.25, 0.3) is 0 Å². The number of likely N-dealkylation sites (tertiary alicyclic amines) is 1. The monoisotopic (exact) mass is 308 g/mol. The van der Waals surface area contributed by atoms with Crippen LogP contribution in [0.15, 0.2) is 12.5 Å². The Hall–Kier alpha value is -1.73. The lowest BCUT2D eigenvalue weighted by Gasteiger charge is -2.37. The van der Waals surface area contributed by atoms with Gasteiger partial charge in [-0.05, 0) is 6.42 Å². The number of unbranched alkanes of at least 4 members (excludes halogenated alkanes) is 1. The van der Waals surface area contributed by atoms with Crippen molar-refractivity contribution in [1.29, 1.82) is 0 Å². The number of nitrogens with zero attached hydrogens (tertiary/aromatic N) is 2. The molecule has 7 nitrogen and oxygen atoms in total. The Morgan fingerprint density at radius 1 is 1.55 bits per heavy atom. The molecule has 3 atom stereocenters. The Kier molecular flexibility index (Phi) is 5.31. The van der Waals surface area contributed by atoms with Crippen LogP contribution in [0.5, 0.6) is 0 Å². The Morgan fingerprint density at radius 2 is 2.32 bits per heavy atom. The van der Waals surface area contributed by atoms with Gasteiger partial charge in [0.2, 0.25) is 0 Å². The fourth-order valence-corrected chi connectivity index (χ4v) is 3.49. The number of imidazole rings is 1. The van der Waals surface area contributed by atoms with Gasteiger partial charge in [-0.1, -0.05) is 13.3 Å². The maximum absolute atomic E-state index is 13.0. The highest BCUT2D eigenvalue weighted by molar-refractivity contribution is 5.84. The lowest BCUT2D eigenvalue weighted by Crippen LogP contribution is -2.65. The molecule has 5 N–H and O–H groups in total. The zero-order chi connectivity index (χ0) is 16.2. The highest BCUT2D eigenvalue weighted by atomic mass is 16.2. The summed E-state index contributed by atoms with van der Waals surface area (Å²) < 4.78 is 0.123. The van der Waals surface area contributed by atoms with Crippen molar-refractivity contribution in [2.75, 3.05) is 13.1 Å². The average Bonchev–Trinajstić information content (AvgIpc) is 3.13. The van der Waals surface area contributed by atoms with E-state index >= 15 is 0 Å². The first-order valence-corrected chi connectivity index (χ1v) is 7.94. The zero-order valence-electron chi connectivity index (χ0n) is 13.1. The molecule has 1 aliphatic heterocycles. The van der Waals surface area contributed by atoms with Gasteiger partial charge >= 0.3 is 5.91 Å². The molecule has 0 aliphatic carbocycles. The average molecular weight is 308 g/mol. The van der Waals surface area contributed by atoms with Crippen LogP contribution < -0.4 is 11.5 Å². The van der Waals surface area contributed by atoms with Gasteiger partial charge in [-0.15, -0.1) is 0 Å². The van der Waals surface area contributed by atoms with Gasteiger partial charge < -0.3 is 16.5 Å². The summed E-state index contributed by atoms with van der Waals surface area (Å²) in [5.74, 6) is -0.472. The molecule has 2 heterocycles. The highest BCUT2D eigenvalue weighted by Crippen LogP contribution is 2.29. The molecule has 1 aromatic rings. The van der Waals surface area contributed by atoms with Crippen molar-refractivity contribution >= 4 is 11.8 Å². The number of aromatic nitrogens is 2. The second-order valence-corrected chi connectivity index (χ2v) is 6.12.